The van der Waals surface area contributed by atoms with E-state index in [1.54, 1.807) is 11.0 Å². The molecule has 0 atom stereocenters. The Morgan fingerprint density at radius 1 is 1.09 bits per heavy atom. The van der Waals surface area contributed by atoms with E-state index in [0.717, 1.165) is 13.1 Å². The van der Waals surface area contributed by atoms with Gasteiger partial charge in [0.2, 0.25) is 5.56 Å². The summed E-state index contributed by atoms with van der Waals surface area (Å²) < 4.78 is 0. The predicted octanol–water partition coefficient (Wildman–Crippen LogP) is 1.65. The average Bonchev–Trinajstić information content (AvgIpc) is 2.54. The highest BCUT2D eigenvalue weighted by atomic mass is 16.2. The first-order valence-corrected chi connectivity index (χ1v) is 7.43. The lowest BCUT2D eigenvalue weighted by molar-refractivity contribution is 0.0746. The summed E-state index contributed by atoms with van der Waals surface area (Å²) in [6.07, 6.45) is 1.51. The molecule has 114 valence electrons. The number of nitrogens with one attached hydrogen (secondary N) is 1. The molecular weight excluding hydrogens is 278 g/mol. The number of nitrogens with zero attached hydrogens (tertiary/aromatic N) is 2. The molecule has 2 heterocycles. The minimum atomic E-state index is -0.246. The van der Waals surface area contributed by atoms with Crippen molar-refractivity contribution in [3.05, 3.63) is 64.1 Å². The number of rotatable bonds is 2. The number of amides is 1. The van der Waals surface area contributed by atoms with E-state index in [4.69, 9.17) is 0 Å². The first-order valence-electron chi connectivity index (χ1n) is 7.43. The lowest BCUT2D eigenvalue weighted by atomic mass is 10.1. The Bertz CT molecular complexity index is 730. The van der Waals surface area contributed by atoms with Crippen molar-refractivity contribution in [2.45, 2.75) is 6.92 Å². The highest BCUT2D eigenvalue weighted by Gasteiger charge is 2.22. The Morgan fingerprint density at radius 3 is 2.55 bits per heavy atom. The van der Waals surface area contributed by atoms with Gasteiger partial charge in [0.05, 0.1) is 0 Å². The van der Waals surface area contributed by atoms with Crippen molar-refractivity contribution in [2.24, 2.45) is 0 Å². The third kappa shape index (κ3) is 3.03. The van der Waals surface area contributed by atoms with Gasteiger partial charge in [0.15, 0.2) is 0 Å². The average molecular weight is 297 g/mol. The van der Waals surface area contributed by atoms with E-state index < -0.39 is 0 Å². The molecule has 0 spiro atoms. The first-order chi connectivity index (χ1) is 10.6. The minimum Gasteiger partial charge on any atom is -0.368 e. The van der Waals surface area contributed by atoms with Crippen molar-refractivity contribution in [2.75, 3.05) is 31.1 Å². The molecule has 0 saturated carbocycles. The lowest BCUT2D eigenvalue weighted by Crippen LogP contribution is -2.48. The van der Waals surface area contributed by atoms with Crippen LogP contribution in [0.5, 0.6) is 0 Å². The topological polar surface area (TPSA) is 56.4 Å². The fourth-order valence-electron chi connectivity index (χ4n) is 2.75. The van der Waals surface area contributed by atoms with Crippen LogP contribution in [0.3, 0.4) is 0 Å². The molecule has 1 amide bonds. The third-order valence-electron chi connectivity index (χ3n) is 3.96. The van der Waals surface area contributed by atoms with Gasteiger partial charge in [0, 0.05) is 49.7 Å². The van der Waals surface area contributed by atoms with Gasteiger partial charge < -0.3 is 14.8 Å². The summed E-state index contributed by atoms with van der Waals surface area (Å²) in [5.74, 6) is -0.0741. The maximum atomic E-state index is 12.4. The molecule has 22 heavy (non-hydrogen) atoms. The van der Waals surface area contributed by atoms with Crippen LogP contribution in [0.4, 0.5) is 5.69 Å². The van der Waals surface area contributed by atoms with Crippen LogP contribution < -0.4 is 10.5 Å². The molecular formula is C17H19N3O2. The Labute approximate surface area is 129 Å². The summed E-state index contributed by atoms with van der Waals surface area (Å²) in [4.78, 5) is 30.3. The van der Waals surface area contributed by atoms with Gasteiger partial charge in [-0.1, -0.05) is 12.1 Å². The summed E-state index contributed by atoms with van der Waals surface area (Å²) in [6, 6.07) is 11.4. The molecule has 5 heteroatoms. The normalized spacial score (nSPS) is 15.0. The number of hydrogen-bond donors (Lipinski definition) is 1. The summed E-state index contributed by atoms with van der Waals surface area (Å²) in [5.41, 5.74) is 2.64. The standard InChI is InChI=1S/C17H19N3O2/c1-13-3-2-4-15(11-13)19-7-9-20(10-8-19)17(22)14-5-6-18-16(21)12-14/h2-6,11-12H,7-10H2,1H3,(H,18,21). The van der Waals surface area contributed by atoms with Gasteiger partial charge in [0.1, 0.15) is 0 Å². The van der Waals surface area contributed by atoms with E-state index in [-0.39, 0.29) is 11.5 Å². The number of hydrogen-bond acceptors (Lipinski definition) is 3. The highest BCUT2D eigenvalue weighted by molar-refractivity contribution is 5.94. The van der Waals surface area contributed by atoms with Gasteiger partial charge in [-0.25, -0.2) is 0 Å². The molecule has 1 aliphatic heterocycles. The monoisotopic (exact) mass is 297 g/mol. The van der Waals surface area contributed by atoms with Crippen LogP contribution in [0.1, 0.15) is 15.9 Å². The van der Waals surface area contributed by atoms with Crippen molar-refractivity contribution < 1.29 is 4.79 Å². The number of pyridine rings is 1. The van der Waals surface area contributed by atoms with Crippen LogP contribution in [-0.4, -0.2) is 42.0 Å². The number of H-pyrrole nitrogens is 1. The quantitative estimate of drug-likeness (QED) is 0.917. The molecule has 1 aliphatic rings. The molecule has 1 saturated heterocycles. The maximum Gasteiger partial charge on any atom is 0.254 e. The lowest BCUT2D eigenvalue weighted by Gasteiger charge is -2.36. The van der Waals surface area contributed by atoms with E-state index in [2.05, 4.69) is 41.1 Å². The Hall–Kier alpha value is -2.56. The smallest absolute Gasteiger partial charge is 0.254 e. The molecule has 0 radical (unpaired) electrons. The number of aryl methyl sites for hydroxylation is 1. The number of carbonyl (C=O) groups excluding carboxylic acids is 1. The number of anilines is 1. The van der Waals surface area contributed by atoms with Crippen molar-refractivity contribution in [1.82, 2.24) is 9.88 Å². The van der Waals surface area contributed by atoms with Crippen LogP contribution >= 0.6 is 0 Å². The second kappa shape index (κ2) is 6.05. The SMILES string of the molecule is Cc1cccc(N2CCN(C(=O)c3cc[nH]c(=O)c3)CC2)c1. The zero-order valence-corrected chi connectivity index (χ0v) is 12.6. The Morgan fingerprint density at radius 2 is 1.86 bits per heavy atom. The molecule has 2 aromatic rings. The maximum absolute atomic E-state index is 12.4. The fraction of sp³-hybridized carbons (Fsp3) is 0.294. The molecule has 5 nitrogen and oxygen atoms in total. The van der Waals surface area contributed by atoms with Gasteiger partial charge in [-0.3, -0.25) is 9.59 Å². The van der Waals surface area contributed by atoms with Crippen molar-refractivity contribution in [1.29, 1.82) is 0 Å². The Kier molecular flexibility index (Phi) is 3.96. The summed E-state index contributed by atoms with van der Waals surface area (Å²) in [6.45, 7) is 5.02. The number of piperazine rings is 1. The molecule has 1 aromatic carbocycles. The van der Waals surface area contributed by atoms with Crippen LogP contribution in [-0.2, 0) is 0 Å². The van der Waals surface area contributed by atoms with E-state index >= 15 is 0 Å². The highest BCUT2D eigenvalue weighted by Crippen LogP contribution is 2.18. The summed E-state index contributed by atoms with van der Waals surface area (Å²) in [5, 5.41) is 0. The second-order valence-electron chi connectivity index (χ2n) is 5.56. The van der Waals surface area contributed by atoms with Crippen molar-refractivity contribution in [3.63, 3.8) is 0 Å². The van der Waals surface area contributed by atoms with Gasteiger partial charge in [-0.05, 0) is 30.7 Å². The van der Waals surface area contributed by atoms with Crippen LogP contribution in [0.25, 0.3) is 0 Å². The number of carbonyl (C=O) groups is 1. The predicted molar refractivity (Wildman–Crippen MR) is 86.4 cm³/mol. The van der Waals surface area contributed by atoms with E-state index in [1.807, 2.05) is 0 Å². The number of benzene rings is 1. The van der Waals surface area contributed by atoms with Crippen LogP contribution in [0.15, 0.2) is 47.4 Å². The molecule has 0 bridgehead atoms. The second-order valence-corrected chi connectivity index (χ2v) is 5.56. The molecule has 1 aromatic heterocycles. The van der Waals surface area contributed by atoms with Crippen molar-refractivity contribution in [3.8, 4) is 0 Å². The molecule has 3 rings (SSSR count). The first kappa shape index (κ1) is 14.4. The summed E-state index contributed by atoms with van der Waals surface area (Å²) in [7, 11) is 0. The minimum absolute atomic E-state index is 0.0741. The van der Waals surface area contributed by atoms with Crippen LogP contribution in [0, 0.1) is 6.92 Å². The van der Waals surface area contributed by atoms with Gasteiger partial charge >= 0.3 is 0 Å². The van der Waals surface area contributed by atoms with E-state index in [1.165, 1.54) is 23.5 Å². The van der Waals surface area contributed by atoms with E-state index in [0.29, 0.717) is 18.7 Å². The number of aromatic nitrogens is 1. The van der Waals surface area contributed by atoms with Gasteiger partial charge in [-0.15, -0.1) is 0 Å². The largest absolute Gasteiger partial charge is 0.368 e. The number of aromatic amines is 1. The third-order valence-corrected chi connectivity index (χ3v) is 3.96. The summed E-state index contributed by atoms with van der Waals surface area (Å²) >= 11 is 0. The van der Waals surface area contributed by atoms with Crippen molar-refractivity contribution >= 4 is 11.6 Å². The fourth-order valence-corrected chi connectivity index (χ4v) is 2.75. The molecule has 0 unspecified atom stereocenters. The molecule has 1 N–H and O–H groups in total. The van der Waals surface area contributed by atoms with Gasteiger partial charge in [-0.2, -0.15) is 0 Å². The zero-order chi connectivity index (χ0) is 15.5. The molecule has 1 fully saturated rings. The Balaban J connectivity index is 1.67. The molecule has 0 aliphatic carbocycles. The zero-order valence-electron chi connectivity index (χ0n) is 12.6. The van der Waals surface area contributed by atoms with Crippen LogP contribution in [0.2, 0.25) is 0 Å². The van der Waals surface area contributed by atoms with Gasteiger partial charge in [0.25, 0.3) is 5.91 Å². The van der Waals surface area contributed by atoms with E-state index in [9.17, 15) is 9.59 Å².